The van der Waals surface area contributed by atoms with E-state index in [1.54, 1.807) is 0 Å². The van der Waals surface area contributed by atoms with E-state index < -0.39 is 0 Å². The molecule has 2 saturated carbocycles. The van der Waals surface area contributed by atoms with E-state index in [1.165, 1.54) is 19.3 Å². The molecular weight excluding hydrogens is 248 g/mol. The minimum absolute atomic E-state index is 0.0952. The van der Waals surface area contributed by atoms with Crippen molar-refractivity contribution in [3.8, 4) is 0 Å². The second-order valence-corrected chi connectivity index (χ2v) is 8.40. The number of hydrogen-bond acceptors (Lipinski definition) is 3. The van der Waals surface area contributed by atoms with Crippen LogP contribution in [0.4, 0.5) is 0 Å². The molecule has 2 unspecified atom stereocenters. The summed E-state index contributed by atoms with van der Waals surface area (Å²) in [5, 5.41) is 10.3. The predicted molar refractivity (Wildman–Crippen MR) is 84.9 cm³/mol. The average molecular weight is 282 g/mol. The first-order valence-electron chi connectivity index (χ1n) is 8.28. The Morgan fingerprint density at radius 2 is 1.75 bits per heavy atom. The lowest BCUT2D eigenvalue weighted by Crippen LogP contribution is -2.57. The topological polar surface area (TPSA) is 26.7 Å². The SMILES string of the molecule is CN(CC1CC(C)(C)CCC1O)CC1(N(C)C)CCC1. The van der Waals surface area contributed by atoms with Crippen molar-refractivity contribution in [1.29, 1.82) is 0 Å². The third-order valence-electron chi connectivity index (χ3n) is 5.82. The summed E-state index contributed by atoms with van der Waals surface area (Å²) in [5.74, 6) is 0.447. The molecule has 2 aliphatic carbocycles. The molecule has 2 aliphatic rings. The molecule has 0 saturated heterocycles. The summed E-state index contributed by atoms with van der Waals surface area (Å²) < 4.78 is 0. The quantitative estimate of drug-likeness (QED) is 0.839. The van der Waals surface area contributed by atoms with Gasteiger partial charge in [-0.1, -0.05) is 13.8 Å². The zero-order chi connectivity index (χ0) is 15.0. The van der Waals surface area contributed by atoms with Gasteiger partial charge in [-0.05, 0) is 71.0 Å². The maximum atomic E-state index is 10.3. The van der Waals surface area contributed by atoms with Crippen molar-refractivity contribution in [1.82, 2.24) is 9.80 Å². The van der Waals surface area contributed by atoms with E-state index in [2.05, 4.69) is 44.8 Å². The molecule has 118 valence electrons. The highest BCUT2D eigenvalue weighted by Crippen LogP contribution is 2.40. The fraction of sp³-hybridized carbons (Fsp3) is 1.00. The monoisotopic (exact) mass is 282 g/mol. The number of aliphatic hydroxyl groups excluding tert-OH is 1. The van der Waals surface area contributed by atoms with Gasteiger partial charge >= 0.3 is 0 Å². The highest BCUT2D eigenvalue weighted by atomic mass is 16.3. The minimum Gasteiger partial charge on any atom is -0.393 e. The van der Waals surface area contributed by atoms with Crippen molar-refractivity contribution in [3.63, 3.8) is 0 Å². The van der Waals surface area contributed by atoms with Crippen molar-refractivity contribution in [2.24, 2.45) is 11.3 Å². The Bertz CT molecular complexity index is 323. The van der Waals surface area contributed by atoms with E-state index in [9.17, 15) is 5.11 Å². The Kier molecular flexibility index (Phi) is 4.83. The third kappa shape index (κ3) is 3.55. The zero-order valence-corrected chi connectivity index (χ0v) is 14.2. The van der Waals surface area contributed by atoms with Crippen molar-refractivity contribution in [2.75, 3.05) is 34.2 Å². The average Bonchev–Trinajstić information content (AvgIpc) is 2.28. The summed E-state index contributed by atoms with van der Waals surface area (Å²) in [4.78, 5) is 4.88. The number of aliphatic hydroxyl groups is 1. The maximum absolute atomic E-state index is 10.3. The largest absolute Gasteiger partial charge is 0.393 e. The number of rotatable bonds is 5. The summed E-state index contributed by atoms with van der Waals surface area (Å²) in [5.41, 5.74) is 0.796. The molecule has 2 atom stereocenters. The standard InChI is InChI=1S/C17H34N2O/c1-16(2)10-7-15(20)14(11-16)12-19(5)13-17(18(3)4)8-6-9-17/h14-15,20H,6-13H2,1-5H3. The lowest BCUT2D eigenvalue weighted by Gasteiger charge is -2.50. The van der Waals surface area contributed by atoms with Crippen molar-refractivity contribution >= 4 is 0 Å². The highest BCUT2D eigenvalue weighted by Gasteiger charge is 2.41. The van der Waals surface area contributed by atoms with Gasteiger partial charge in [-0.3, -0.25) is 0 Å². The van der Waals surface area contributed by atoms with Crippen LogP contribution in [0.3, 0.4) is 0 Å². The van der Waals surface area contributed by atoms with Gasteiger partial charge in [0.1, 0.15) is 0 Å². The van der Waals surface area contributed by atoms with Gasteiger partial charge in [-0.25, -0.2) is 0 Å². The van der Waals surface area contributed by atoms with Gasteiger partial charge in [0.25, 0.3) is 0 Å². The maximum Gasteiger partial charge on any atom is 0.0581 e. The van der Waals surface area contributed by atoms with E-state index in [-0.39, 0.29) is 6.10 Å². The van der Waals surface area contributed by atoms with Crippen LogP contribution in [0.1, 0.15) is 52.4 Å². The molecule has 20 heavy (non-hydrogen) atoms. The van der Waals surface area contributed by atoms with Crippen LogP contribution >= 0.6 is 0 Å². The van der Waals surface area contributed by atoms with Crippen LogP contribution in [0.5, 0.6) is 0 Å². The molecular formula is C17H34N2O. The third-order valence-corrected chi connectivity index (χ3v) is 5.82. The molecule has 0 spiro atoms. The molecule has 0 aliphatic heterocycles. The van der Waals surface area contributed by atoms with Crippen LogP contribution in [-0.2, 0) is 0 Å². The first-order chi connectivity index (χ1) is 9.24. The lowest BCUT2D eigenvalue weighted by atomic mass is 9.70. The Balaban J connectivity index is 1.88. The Labute approximate surface area is 125 Å². The van der Waals surface area contributed by atoms with Crippen LogP contribution in [0.15, 0.2) is 0 Å². The van der Waals surface area contributed by atoms with Crippen LogP contribution in [0.2, 0.25) is 0 Å². The fourth-order valence-corrected chi connectivity index (χ4v) is 4.21. The molecule has 2 rings (SSSR count). The van der Waals surface area contributed by atoms with Crippen molar-refractivity contribution in [3.05, 3.63) is 0 Å². The summed E-state index contributed by atoms with van der Waals surface area (Å²) >= 11 is 0. The van der Waals surface area contributed by atoms with E-state index >= 15 is 0 Å². The lowest BCUT2D eigenvalue weighted by molar-refractivity contribution is -0.0141. The molecule has 0 bridgehead atoms. The molecule has 0 aromatic carbocycles. The molecule has 3 heteroatoms. The Hall–Kier alpha value is -0.120. The van der Waals surface area contributed by atoms with Crippen LogP contribution in [0.25, 0.3) is 0 Å². The summed E-state index contributed by atoms with van der Waals surface area (Å²) in [6, 6.07) is 0. The van der Waals surface area contributed by atoms with Crippen molar-refractivity contribution in [2.45, 2.75) is 64.0 Å². The van der Waals surface area contributed by atoms with Gasteiger partial charge in [0, 0.05) is 18.6 Å². The van der Waals surface area contributed by atoms with Crippen LogP contribution in [-0.4, -0.2) is 60.8 Å². The van der Waals surface area contributed by atoms with E-state index in [0.29, 0.717) is 16.9 Å². The smallest absolute Gasteiger partial charge is 0.0581 e. The number of nitrogens with zero attached hydrogens (tertiary/aromatic N) is 2. The summed E-state index contributed by atoms with van der Waals surface area (Å²) in [7, 11) is 6.66. The first-order valence-corrected chi connectivity index (χ1v) is 8.28. The molecule has 0 aromatic heterocycles. The molecule has 0 radical (unpaired) electrons. The highest BCUT2D eigenvalue weighted by molar-refractivity contribution is 4.98. The minimum atomic E-state index is -0.0952. The Morgan fingerprint density at radius 1 is 1.10 bits per heavy atom. The molecule has 0 heterocycles. The normalized spacial score (nSPS) is 32.4. The van der Waals surface area contributed by atoms with Gasteiger partial charge in [0.15, 0.2) is 0 Å². The predicted octanol–water partition coefficient (Wildman–Crippen LogP) is 2.59. The fourth-order valence-electron chi connectivity index (χ4n) is 4.21. The van der Waals surface area contributed by atoms with Crippen LogP contribution in [0, 0.1) is 11.3 Å². The molecule has 3 nitrogen and oxygen atoms in total. The summed E-state index contributed by atoms with van der Waals surface area (Å²) in [6.07, 6.45) is 7.22. The van der Waals surface area contributed by atoms with Gasteiger partial charge in [-0.2, -0.15) is 0 Å². The zero-order valence-electron chi connectivity index (χ0n) is 14.2. The van der Waals surface area contributed by atoms with E-state index in [0.717, 1.165) is 32.4 Å². The second kappa shape index (κ2) is 5.94. The van der Waals surface area contributed by atoms with Gasteiger partial charge in [-0.15, -0.1) is 0 Å². The second-order valence-electron chi connectivity index (χ2n) is 8.40. The number of hydrogen-bond donors (Lipinski definition) is 1. The molecule has 1 N–H and O–H groups in total. The van der Waals surface area contributed by atoms with Crippen LogP contribution < -0.4 is 0 Å². The summed E-state index contributed by atoms with van der Waals surface area (Å²) in [6.45, 7) is 6.88. The van der Waals surface area contributed by atoms with E-state index in [4.69, 9.17) is 0 Å². The van der Waals surface area contributed by atoms with Gasteiger partial charge < -0.3 is 14.9 Å². The van der Waals surface area contributed by atoms with Gasteiger partial charge in [0.2, 0.25) is 0 Å². The number of likely N-dealkylation sites (N-methyl/N-ethyl adjacent to an activating group) is 2. The first kappa shape index (κ1) is 16.3. The Morgan fingerprint density at radius 3 is 2.25 bits per heavy atom. The van der Waals surface area contributed by atoms with E-state index in [1.807, 2.05) is 0 Å². The van der Waals surface area contributed by atoms with Crippen molar-refractivity contribution < 1.29 is 5.11 Å². The molecule has 0 aromatic rings. The molecule has 2 fully saturated rings. The van der Waals surface area contributed by atoms with Gasteiger partial charge in [0.05, 0.1) is 6.10 Å². The molecule has 0 amide bonds.